The Morgan fingerprint density at radius 2 is 2.21 bits per heavy atom. The van der Waals surface area contributed by atoms with Crippen LogP contribution in [0.1, 0.15) is 25.3 Å². The summed E-state index contributed by atoms with van der Waals surface area (Å²) in [5.41, 5.74) is 0.752. The summed E-state index contributed by atoms with van der Waals surface area (Å²) in [5.74, 6) is 0.241. The lowest BCUT2D eigenvalue weighted by Gasteiger charge is -2.28. The van der Waals surface area contributed by atoms with Crippen molar-refractivity contribution >= 4 is 0 Å². The Balaban J connectivity index is 1.91. The van der Waals surface area contributed by atoms with Gasteiger partial charge in [-0.3, -0.25) is 0 Å². The number of para-hydroxylation sites is 1. The molecule has 2 unspecified atom stereocenters. The summed E-state index contributed by atoms with van der Waals surface area (Å²) in [5, 5.41) is 3.38. The standard InChI is InChI=1S/C14H19F2NO2/c1-10-8-12(6-7-18-10)17-9-11-4-2-3-5-13(11)19-14(15)16/h2-5,10,12,14,17H,6-9H2,1H3. The normalized spacial score (nSPS) is 23.6. The fourth-order valence-electron chi connectivity index (χ4n) is 2.30. The van der Waals surface area contributed by atoms with Gasteiger partial charge in [-0.2, -0.15) is 8.78 Å². The maximum absolute atomic E-state index is 12.3. The summed E-state index contributed by atoms with van der Waals surface area (Å²) in [6.07, 6.45) is 2.14. The molecule has 0 saturated carbocycles. The van der Waals surface area contributed by atoms with Gasteiger partial charge in [-0.1, -0.05) is 18.2 Å². The number of rotatable bonds is 5. The molecule has 0 spiro atoms. The van der Waals surface area contributed by atoms with Crippen LogP contribution in [0.25, 0.3) is 0 Å². The average Bonchev–Trinajstić information content (AvgIpc) is 2.37. The molecule has 0 aromatic heterocycles. The Morgan fingerprint density at radius 3 is 2.95 bits per heavy atom. The van der Waals surface area contributed by atoms with E-state index in [1.807, 2.05) is 13.0 Å². The van der Waals surface area contributed by atoms with E-state index in [0.717, 1.165) is 25.0 Å². The first-order chi connectivity index (χ1) is 9.15. The SMILES string of the molecule is CC1CC(NCc2ccccc2OC(F)F)CCO1. The minimum atomic E-state index is -2.79. The molecular formula is C14H19F2NO2. The van der Waals surface area contributed by atoms with Gasteiger partial charge in [0.25, 0.3) is 0 Å². The maximum atomic E-state index is 12.3. The van der Waals surface area contributed by atoms with Gasteiger partial charge in [0.2, 0.25) is 0 Å². The third-order valence-corrected chi connectivity index (χ3v) is 3.25. The highest BCUT2D eigenvalue weighted by molar-refractivity contribution is 5.33. The lowest BCUT2D eigenvalue weighted by atomic mass is 10.0. The van der Waals surface area contributed by atoms with E-state index in [4.69, 9.17) is 4.74 Å². The molecule has 5 heteroatoms. The summed E-state index contributed by atoms with van der Waals surface area (Å²) in [4.78, 5) is 0. The van der Waals surface area contributed by atoms with E-state index in [9.17, 15) is 8.78 Å². The lowest BCUT2D eigenvalue weighted by Crippen LogP contribution is -2.37. The number of nitrogens with one attached hydrogen (secondary N) is 1. The van der Waals surface area contributed by atoms with Crippen LogP contribution in [-0.2, 0) is 11.3 Å². The van der Waals surface area contributed by atoms with Gasteiger partial charge in [0.1, 0.15) is 5.75 Å². The first-order valence-electron chi connectivity index (χ1n) is 6.53. The third-order valence-electron chi connectivity index (χ3n) is 3.25. The smallest absolute Gasteiger partial charge is 0.387 e. The maximum Gasteiger partial charge on any atom is 0.387 e. The predicted molar refractivity (Wildman–Crippen MR) is 68.3 cm³/mol. The van der Waals surface area contributed by atoms with E-state index >= 15 is 0 Å². The van der Waals surface area contributed by atoms with Crippen LogP contribution in [0.15, 0.2) is 24.3 Å². The number of ether oxygens (including phenoxy) is 2. The van der Waals surface area contributed by atoms with Crippen molar-refractivity contribution in [2.45, 2.75) is 45.1 Å². The highest BCUT2D eigenvalue weighted by atomic mass is 19.3. The molecule has 1 aliphatic rings. The topological polar surface area (TPSA) is 30.5 Å². The molecule has 19 heavy (non-hydrogen) atoms. The summed E-state index contributed by atoms with van der Waals surface area (Å²) < 4.78 is 34.6. The molecule has 0 radical (unpaired) electrons. The molecule has 2 rings (SSSR count). The van der Waals surface area contributed by atoms with Gasteiger partial charge >= 0.3 is 6.61 Å². The highest BCUT2D eigenvalue weighted by Crippen LogP contribution is 2.21. The van der Waals surface area contributed by atoms with Gasteiger partial charge in [-0.25, -0.2) is 0 Å². The molecule has 1 saturated heterocycles. The Labute approximate surface area is 111 Å². The summed E-state index contributed by atoms with van der Waals surface area (Å²) >= 11 is 0. The van der Waals surface area contributed by atoms with Crippen LogP contribution in [0, 0.1) is 0 Å². The van der Waals surface area contributed by atoms with Crippen molar-refractivity contribution in [3.8, 4) is 5.75 Å². The van der Waals surface area contributed by atoms with E-state index in [1.54, 1.807) is 18.2 Å². The molecule has 3 nitrogen and oxygen atoms in total. The Hall–Kier alpha value is -1.20. The monoisotopic (exact) mass is 271 g/mol. The van der Waals surface area contributed by atoms with E-state index in [-0.39, 0.29) is 11.9 Å². The molecule has 1 N–H and O–H groups in total. The molecule has 1 aliphatic heterocycles. The fraction of sp³-hybridized carbons (Fsp3) is 0.571. The van der Waals surface area contributed by atoms with Gasteiger partial charge in [-0.15, -0.1) is 0 Å². The van der Waals surface area contributed by atoms with Crippen molar-refractivity contribution in [3.05, 3.63) is 29.8 Å². The van der Waals surface area contributed by atoms with Crippen LogP contribution in [0.2, 0.25) is 0 Å². The molecule has 1 aromatic carbocycles. The second kappa shape index (κ2) is 6.82. The molecule has 2 atom stereocenters. The van der Waals surface area contributed by atoms with Gasteiger partial charge in [-0.05, 0) is 25.8 Å². The Bertz CT molecular complexity index is 401. The molecule has 1 heterocycles. The van der Waals surface area contributed by atoms with E-state index in [1.165, 1.54) is 0 Å². The van der Waals surface area contributed by atoms with E-state index in [2.05, 4.69) is 10.1 Å². The van der Waals surface area contributed by atoms with Gasteiger partial charge in [0, 0.05) is 24.8 Å². The zero-order valence-electron chi connectivity index (χ0n) is 10.9. The van der Waals surface area contributed by atoms with Crippen LogP contribution in [0.5, 0.6) is 5.75 Å². The van der Waals surface area contributed by atoms with Crippen LogP contribution in [0.4, 0.5) is 8.78 Å². The molecule has 1 fully saturated rings. The number of alkyl halides is 2. The summed E-state index contributed by atoms with van der Waals surface area (Å²) in [6.45, 7) is 0.528. The van der Waals surface area contributed by atoms with Crippen LogP contribution in [0.3, 0.4) is 0 Å². The number of hydrogen-bond donors (Lipinski definition) is 1. The van der Waals surface area contributed by atoms with Crippen LogP contribution < -0.4 is 10.1 Å². The van der Waals surface area contributed by atoms with Crippen molar-refractivity contribution in [1.29, 1.82) is 0 Å². The molecule has 106 valence electrons. The van der Waals surface area contributed by atoms with Crippen molar-refractivity contribution < 1.29 is 18.3 Å². The zero-order chi connectivity index (χ0) is 13.7. The largest absolute Gasteiger partial charge is 0.434 e. The first-order valence-corrected chi connectivity index (χ1v) is 6.53. The molecule has 0 bridgehead atoms. The quantitative estimate of drug-likeness (QED) is 0.893. The van der Waals surface area contributed by atoms with Gasteiger partial charge in [0.15, 0.2) is 0 Å². The predicted octanol–water partition coefficient (Wildman–Crippen LogP) is 2.95. The van der Waals surface area contributed by atoms with Crippen molar-refractivity contribution in [2.75, 3.05) is 6.61 Å². The highest BCUT2D eigenvalue weighted by Gasteiger charge is 2.19. The van der Waals surface area contributed by atoms with Crippen LogP contribution in [-0.4, -0.2) is 25.4 Å². The molecule has 0 aliphatic carbocycles. The lowest BCUT2D eigenvalue weighted by molar-refractivity contribution is -0.0505. The second-order valence-corrected chi connectivity index (χ2v) is 4.77. The Morgan fingerprint density at radius 1 is 1.42 bits per heavy atom. The third kappa shape index (κ3) is 4.44. The van der Waals surface area contributed by atoms with E-state index in [0.29, 0.717) is 12.6 Å². The molecule has 0 amide bonds. The minimum Gasteiger partial charge on any atom is -0.434 e. The molecule has 1 aromatic rings. The van der Waals surface area contributed by atoms with Crippen molar-refractivity contribution in [1.82, 2.24) is 5.32 Å². The summed E-state index contributed by atoms with van der Waals surface area (Å²) in [6, 6.07) is 7.24. The molecular weight excluding hydrogens is 252 g/mol. The zero-order valence-corrected chi connectivity index (χ0v) is 10.9. The van der Waals surface area contributed by atoms with Crippen molar-refractivity contribution in [2.24, 2.45) is 0 Å². The number of hydrogen-bond acceptors (Lipinski definition) is 3. The van der Waals surface area contributed by atoms with Gasteiger partial charge < -0.3 is 14.8 Å². The van der Waals surface area contributed by atoms with Crippen molar-refractivity contribution in [3.63, 3.8) is 0 Å². The minimum absolute atomic E-state index is 0.241. The first kappa shape index (κ1) is 14.2. The van der Waals surface area contributed by atoms with Gasteiger partial charge in [0.05, 0.1) is 6.10 Å². The second-order valence-electron chi connectivity index (χ2n) is 4.77. The van der Waals surface area contributed by atoms with Crippen LogP contribution >= 0.6 is 0 Å². The van der Waals surface area contributed by atoms with E-state index < -0.39 is 6.61 Å². The summed E-state index contributed by atoms with van der Waals surface area (Å²) in [7, 11) is 0. The Kier molecular flexibility index (Phi) is 5.10. The number of halogens is 2. The average molecular weight is 271 g/mol. The fourth-order valence-corrected chi connectivity index (χ4v) is 2.30. The number of benzene rings is 1.